The van der Waals surface area contributed by atoms with Crippen molar-refractivity contribution < 1.29 is 14.6 Å². The van der Waals surface area contributed by atoms with E-state index < -0.39 is 6.10 Å². The molecule has 3 N–H and O–H groups in total. The summed E-state index contributed by atoms with van der Waals surface area (Å²) in [5.41, 5.74) is 6.97. The molecule has 1 aromatic carbocycles. The fraction of sp³-hybridized carbons (Fsp3) is 0.500. The number of aryl methyl sites for hydroxylation is 1. The zero-order chi connectivity index (χ0) is 13.0. The second kappa shape index (κ2) is 6.10. The Hall–Kier alpha value is -0.970. The van der Waals surface area contributed by atoms with Gasteiger partial charge < -0.3 is 20.3 Å². The minimum Gasteiger partial charge on any atom is -0.495 e. The van der Waals surface area contributed by atoms with Crippen molar-refractivity contribution in [2.24, 2.45) is 5.73 Å². The van der Waals surface area contributed by atoms with Crippen LogP contribution < -0.4 is 15.2 Å². The minimum atomic E-state index is -0.793. The highest BCUT2D eigenvalue weighted by Crippen LogP contribution is 2.42. The quantitative estimate of drug-likeness (QED) is 0.848. The molecule has 1 aromatic rings. The van der Waals surface area contributed by atoms with E-state index in [0.717, 1.165) is 12.0 Å². The molecule has 5 heteroatoms. The maximum atomic E-state index is 9.84. The van der Waals surface area contributed by atoms with Gasteiger partial charge in [0.05, 0.1) is 20.3 Å². The molecule has 0 spiro atoms. The van der Waals surface area contributed by atoms with Crippen molar-refractivity contribution in [1.29, 1.82) is 0 Å². The molecule has 1 rings (SSSR count). The molecule has 17 heavy (non-hydrogen) atoms. The molecule has 96 valence electrons. The van der Waals surface area contributed by atoms with Gasteiger partial charge in [-0.3, -0.25) is 0 Å². The van der Waals surface area contributed by atoms with Gasteiger partial charge in [0.2, 0.25) is 0 Å². The highest BCUT2D eigenvalue weighted by Gasteiger charge is 2.21. The number of hydrogen-bond donors (Lipinski definition) is 2. The molecular formula is C12H18ClNO3. The fourth-order valence-corrected chi connectivity index (χ4v) is 2.14. The number of aliphatic hydroxyl groups excluding tert-OH is 1. The number of methoxy groups -OCH3 is 2. The lowest BCUT2D eigenvalue weighted by molar-refractivity contribution is 0.182. The summed E-state index contributed by atoms with van der Waals surface area (Å²) in [6, 6.07) is 1.82. The van der Waals surface area contributed by atoms with E-state index >= 15 is 0 Å². The highest BCUT2D eigenvalue weighted by molar-refractivity contribution is 6.33. The van der Waals surface area contributed by atoms with Gasteiger partial charge in [0, 0.05) is 12.1 Å². The van der Waals surface area contributed by atoms with Crippen molar-refractivity contribution >= 4 is 11.6 Å². The van der Waals surface area contributed by atoms with Crippen LogP contribution in [0.5, 0.6) is 11.5 Å². The molecule has 0 aliphatic carbocycles. The molecule has 0 amide bonds. The second-order valence-electron chi connectivity index (χ2n) is 3.61. The van der Waals surface area contributed by atoms with Crippen molar-refractivity contribution in [3.63, 3.8) is 0 Å². The van der Waals surface area contributed by atoms with Crippen LogP contribution in [-0.4, -0.2) is 25.9 Å². The standard InChI is InChI=1S/C12H18ClNO3/c1-4-7-5-8(9(15)6-14)12(17-3)10(13)11(7)16-2/h5,9,15H,4,6,14H2,1-3H3. The molecule has 0 aliphatic heterocycles. The average molecular weight is 260 g/mol. The Kier molecular flexibility index (Phi) is 5.05. The lowest BCUT2D eigenvalue weighted by atomic mass is 10.0. The van der Waals surface area contributed by atoms with E-state index in [1.165, 1.54) is 7.11 Å². The van der Waals surface area contributed by atoms with Crippen LogP contribution in [0.25, 0.3) is 0 Å². The first-order chi connectivity index (χ1) is 8.10. The van der Waals surface area contributed by atoms with E-state index in [0.29, 0.717) is 22.1 Å². The van der Waals surface area contributed by atoms with Crippen LogP contribution in [-0.2, 0) is 6.42 Å². The summed E-state index contributed by atoms with van der Waals surface area (Å²) >= 11 is 6.20. The number of halogens is 1. The van der Waals surface area contributed by atoms with Gasteiger partial charge in [0.15, 0.2) is 0 Å². The van der Waals surface area contributed by atoms with Gasteiger partial charge in [0.1, 0.15) is 16.5 Å². The molecule has 0 aliphatic rings. The predicted octanol–water partition coefficient (Wildman–Crippen LogP) is 1.91. The maximum absolute atomic E-state index is 9.84. The molecule has 0 bridgehead atoms. The van der Waals surface area contributed by atoms with Crippen LogP contribution in [0.15, 0.2) is 6.07 Å². The highest BCUT2D eigenvalue weighted by atomic mass is 35.5. The summed E-state index contributed by atoms with van der Waals surface area (Å²) in [6.07, 6.45) is -0.0457. The number of aliphatic hydroxyl groups is 1. The third kappa shape index (κ3) is 2.65. The van der Waals surface area contributed by atoms with Gasteiger partial charge in [0.25, 0.3) is 0 Å². The second-order valence-corrected chi connectivity index (χ2v) is 3.99. The van der Waals surface area contributed by atoms with Crippen LogP contribution in [0, 0.1) is 0 Å². The normalized spacial score (nSPS) is 12.4. The predicted molar refractivity (Wildman–Crippen MR) is 67.9 cm³/mol. The molecule has 0 saturated carbocycles. The summed E-state index contributed by atoms with van der Waals surface area (Å²) in [4.78, 5) is 0. The first-order valence-corrected chi connectivity index (χ1v) is 5.79. The number of hydrogen-bond acceptors (Lipinski definition) is 4. The first kappa shape index (κ1) is 14.1. The minimum absolute atomic E-state index is 0.113. The molecule has 0 heterocycles. The third-order valence-electron chi connectivity index (χ3n) is 2.65. The van der Waals surface area contributed by atoms with Gasteiger partial charge in [-0.1, -0.05) is 18.5 Å². The Bertz CT molecular complexity index is 396. The van der Waals surface area contributed by atoms with Gasteiger partial charge in [-0.25, -0.2) is 0 Å². The van der Waals surface area contributed by atoms with E-state index in [4.69, 9.17) is 26.8 Å². The maximum Gasteiger partial charge on any atom is 0.147 e. The third-order valence-corrected chi connectivity index (χ3v) is 3.00. The molecular weight excluding hydrogens is 242 g/mol. The smallest absolute Gasteiger partial charge is 0.147 e. The van der Waals surface area contributed by atoms with Gasteiger partial charge in [-0.05, 0) is 18.1 Å². The van der Waals surface area contributed by atoms with Crippen LogP contribution in [0.4, 0.5) is 0 Å². The Morgan fingerprint density at radius 1 is 1.35 bits per heavy atom. The largest absolute Gasteiger partial charge is 0.495 e. The Morgan fingerprint density at radius 2 is 1.94 bits per heavy atom. The lowest BCUT2D eigenvalue weighted by Gasteiger charge is -2.19. The van der Waals surface area contributed by atoms with Crippen molar-refractivity contribution in [3.05, 3.63) is 22.2 Å². The zero-order valence-corrected chi connectivity index (χ0v) is 11.0. The number of benzene rings is 1. The Labute approximate surface area is 106 Å². The molecule has 1 unspecified atom stereocenters. The molecule has 4 nitrogen and oxygen atoms in total. The van der Waals surface area contributed by atoms with E-state index in [1.54, 1.807) is 7.11 Å². The average Bonchev–Trinajstić information content (AvgIpc) is 2.36. The van der Waals surface area contributed by atoms with Crippen LogP contribution >= 0.6 is 11.6 Å². The number of rotatable bonds is 5. The van der Waals surface area contributed by atoms with E-state index in [2.05, 4.69) is 0 Å². The van der Waals surface area contributed by atoms with E-state index in [-0.39, 0.29) is 6.54 Å². The molecule has 1 atom stereocenters. The zero-order valence-electron chi connectivity index (χ0n) is 10.3. The van der Waals surface area contributed by atoms with Gasteiger partial charge in [-0.15, -0.1) is 0 Å². The van der Waals surface area contributed by atoms with Crippen molar-refractivity contribution in [2.75, 3.05) is 20.8 Å². The molecule has 0 aromatic heterocycles. The summed E-state index contributed by atoms with van der Waals surface area (Å²) in [6.45, 7) is 2.10. The SMILES string of the molecule is CCc1cc(C(O)CN)c(OC)c(Cl)c1OC. The monoisotopic (exact) mass is 259 g/mol. The number of nitrogens with two attached hydrogens (primary N) is 1. The lowest BCUT2D eigenvalue weighted by Crippen LogP contribution is -2.13. The first-order valence-electron chi connectivity index (χ1n) is 5.42. The molecule has 0 fully saturated rings. The van der Waals surface area contributed by atoms with Crippen molar-refractivity contribution in [1.82, 2.24) is 0 Å². The van der Waals surface area contributed by atoms with Crippen LogP contribution in [0.1, 0.15) is 24.2 Å². The van der Waals surface area contributed by atoms with Crippen molar-refractivity contribution in [3.8, 4) is 11.5 Å². The summed E-state index contributed by atoms with van der Waals surface area (Å²) in [5.74, 6) is 0.998. The molecule has 0 radical (unpaired) electrons. The summed E-state index contributed by atoms with van der Waals surface area (Å²) in [5, 5.41) is 10.2. The van der Waals surface area contributed by atoms with Crippen molar-refractivity contribution in [2.45, 2.75) is 19.4 Å². The van der Waals surface area contributed by atoms with Gasteiger partial charge in [-0.2, -0.15) is 0 Å². The van der Waals surface area contributed by atoms with E-state index in [1.807, 2.05) is 13.0 Å². The summed E-state index contributed by atoms with van der Waals surface area (Å²) in [7, 11) is 3.05. The van der Waals surface area contributed by atoms with Gasteiger partial charge >= 0.3 is 0 Å². The fourth-order valence-electron chi connectivity index (χ4n) is 1.75. The topological polar surface area (TPSA) is 64.7 Å². The Morgan fingerprint density at radius 3 is 2.35 bits per heavy atom. The van der Waals surface area contributed by atoms with Crippen LogP contribution in [0.2, 0.25) is 5.02 Å². The molecule has 0 saturated heterocycles. The van der Waals surface area contributed by atoms with E-state index in [9.17, 15) is 5.11 Å². The number of ether oxygens (including phenoxy) is 2. The summed E-state index contributed by atoms with van der Waals surface area (Å²) < 4.78 is 10.5. The van der Waals surface area contributed by atoms with Crippen LogP contribution in [0.3, 0.4) is 0 Å². The Balaban J connectivity index is 3.45.